The third kappa shape index (κ3) is 6.70. The molecule has 0 saturated carbocycles. The van der Waals surface area contributed by atoms with E-state index in [2.05, 4.69) is 19.7 Å². The van der Waals surface area contributed by atoms with Gasteiger partial charge in [0.15, 0.2) is 11.6 Å². The number of nitrogens with zero attached hydrogens (tertiary/aromatic N) is 3. The lowest BCUT2D eigenvalue weighted by molar-refractivity contribution is 0.162. The number of thiophene rings is 1. The van der Waals surface area contributed by atoms with Crippen molar-refractivity contribution < 1.29 is 22.3 Å². The molecule has 41 heavy (non-hydrogen) atoms. The highest BCUT2D eigenvalue weighted by atomic mass is 32.2. The topological polar surface area (TPSA) is 155 Å². The smallest absolute Gasteiger partial charge is 0.271 e. The number of halogens is 1. The van der Waals surface area contributed by atoms with Crippen LogP contribution in [-0.2, 0) is 14.8 Å². The van der Waals surface area contributed by atoms with Crippen molar-refractivity contribution in [3.63, 3.8) is 0 Å². The van der Waals surface area contributed by atoms with E-state index in [1.165, 1.54) is 31.5 Å². The summed E-state index contributed by atoms with van der Waals surface area (Å²) in [5.74, 6) is 0.432. The van der Waals surface area contributed by atoms with Gasteiger partial charge in [0.05, 0.1) is 12.8 Å². The fourth-order valence-corrected chi connectivity index (χ4v) is 5.90. The van der Waals surface area contributed by atoms with E-state index < -0.39 is 15.8 Å². The summed E-state index contributed by atoms with van der Waals surface area (Å²) in [5.41, 5.74) is 13.3. The number of anilines is 3. The van der Waals surface area contributed by atoms with E-state index in [-0.39, 0.29) is 21.3 Å². The highest BCUT2D eigenvalue weighted by Gasteiger charge is 2.21. The minimum atomic E-state index is -3.93. The van der Waals surface area contributed by atoms with Crippen LogP contribution in [0, 0.1) is 5.82 Å². The Morgan fingerprint density at radius 3 is 2.39 bits per heavy atom. The van der Waals surface area contributed by atoms with Crippen molar-refractivity contribution in [3.8, 4) is 28.3 Å². The summed E-state index contributed by atoms with van der Waals surface area (Å²) in [4.78, 5) is 13.0. The normalized spacial score (nSPS) is 11.1. The zero-order valence-corrected chi connectivity index (χ0v) is 24.2. The molecule has 10 nitrogen and oxygen atoms in total. The number of nitrogens with one attached hydrogen (secondary N) is 1. The van der Waals surface area contributed by atoms with Gasteiger partial charge in [0.1, 0.15) is 27.1 Å². The summed E-state index contributed by atoms with van der Waals surface area (Å²) in [6, 6.07) is 14.1. The second-order valence-electron chi connectivity index (χ2n) is 8.47. The number of hydrogen-bond donors (Lipinski definition) is 3. The third-order valence-corrected chi connectivity index (χ3v) is 8.54. The molecule has 0 saturated heterocycles. The lowest BCUT2D eigenvalue weighted by atomic mass is 10.0. The predicted octanol–water partition coefficient (Wildman–Crippen LogP) is 5.58. The van der Waals surface area contributed by atoms with Crippen molar-refractivity contribution in [1.82, 2.24) is 15.0 Å². The maximum atomic E-state index is 15.5. The standard InChI is InChI=1S/C24H19FN6O3S2.C4H10O/c1-34-18-11-14(10-16-22(18)29-24(30-23(16)27)13-7-8-19(26)28-12-13)15-4-2-5-17(21(15)25)31-36(32,33)20-6-3-9-35-20;1-3-5-4-2/h2-12,31H,1H3,(H2,26,28)(H2,27,29,30);3-4H2,1-2H3. The number of aromatic nitrogens is 3. The molecule has 0 aliphatic carbocycles. The average Bonchev–Trinajstić information content (AvgIpc) is 3.51. The van der Waals surface area contributed by atoms with Gasteiger partial charge in [-0.1, -0.05) is 18.2 Å². The molecule has 0 bridgehead atoms. The Morgan fingerprint density at radius 2 is 1.78 bits per heavy atom. The van der Waals surface area contributed by atoms with Gasteiger partial charge in [-0.25, -0.2) is 27.8 Å². The maximum absolute atomic E-state index is 15.5. The Bertz CT molecular complexity index is 1750. The first-order chi connectivity index (χ1) is 19.7. The van der Waals surface area contributed by atoms with Crippen LogP contribution >= 0.6 is 11.3 Å². The van der Waals surface area contributed by atoms with Gasteiger partial charge in [-0.3, -0.25) is 4.72 Å². The van der Waals surface area contributed by atoms with Gasteiger partial charge >= 0.3 is 0 Å². The van der Waals surface area contributed by atoms with E-state index in [1.807, 2.05) is 13.8 Å². The molecule has 5 N–H and O–H groups in total. The molecule has 3 heterocycles. The van der Waals surface area contributed by atoms with Crippen LogP contribution in [0.5, 0.6) is 5.75 Å². The summed E-state index contributed by atoms with van der Waals surface area (Å²) in [7, 11) is -2.47. The van der Waals surface area contributed by atoms with Crippen molar-refractivity contribution in [1.29, 1.82) is 0 Å². The number of pyridine rings is 1. The Balaban J connectivity index is 0.000000714. The van der Waals surface area contributed by atoms with Crippen LogP contribution in [0.4, 0.5) is 21.7 Å². The first-order valence-corrected chi connectivity index (χ1v) is 14.8. The molecule has 5 aromatic rings. The zero-order chi connectivity index (χ0) is 29.6. The van der Waals surface area contributed by atoms with Gasteiger partial charge in [-0.05, 0) is 61.2 Å². The highest BCUT2D eigenvalue weighted by molar-refractivity contribution is 7.94. The molecule has 0 fully saturated rings. The number of benzene rings is 2. The summed E-state index contributed by atoms with van der Waals surface area (Å²) in [6.45, 7) is 5.67. The molecular weight excluding hydrogens is 567 g/mol. The minimum Gasteiger partial charge on any atom is -0.494 e. The first kappa shape index (κ1) is 29.6. The molecule has 0 amide bonds. The van der Waals surface area contributed by atoms with Crippen LogP contribution in [0.3, 0.4) is 0 Å². The molecule has 0 atom stereocenters. The summed E-state index contributed by atoms with van der Waals surface area (Å²) < 4.78 is 53.5. The number of rotatable bonds is 8. The molecule has 0 spiro atoms. The monoisotopic (exact) mass is 596 g/mol. The maximum Gasteiger partial charge on any atom is 0.271 e. The van der Waals surface area contributed by atoms with Gasteiger partial charge in [-0.15, -0.1) is 11.3 Å². The minimum absolute atomic E-state index is 0.0803. The molecule has 0 radical (unpaired) electrons. The number of hydrogen-bond acceptors (Lipinski definition) is 10. The van der Waals surface area contributed by atoms with Crippen molar-refractivity contribution in [2.45, 2.75) is 18.1 Å². The van der Waals surface area contributed by atoms with E-state index in [4.69, 9.17) is 20.9 Å². The molecule has 13 heteroatoms. The highest BCUT2D eigenvalue weighted by Crippen LogP contribution is 2.37. The SMILES string of the molecule is CCOCC.COc1cc(-c2cccc(NS(=O)(=O)c3cccs3)c2F)cc2c(N)nc(-c3ccc(N)nc3)nc12. The summed E-state index contributed by atoms with van der Waals surface area (Å²) >= 11 is 1.04. The molecule has 214 valence electrons. The van der Waals surface area contributed by atoms with E-state index >= 15 is 4.39 Å². The Hall–Kier alpha value is -4.33. The van der Waals surface area contributed by atoms with E-state index in [0.717, 1.165) is 24.6 Å². The first-order valence-electron chi connectivity index (χ1n) is 12.5. The number of ether oxygens (including phenoxy) is 2. The van der Waals surface area contributed by atoms with E-state index in [9.17, 15) is 8.42 Å². The summed E-state index contributed by atoms with van der Waals surface area (Å²) in [5, 5.41) is 2.07. The van der Waals surface area contributed by atoms with Gasteiger partial charge in [0.2, 0.25) is 0 Å². The van der Waals surface area contributed by atoms with Crippen LogP contribution in [0.1, 0.15) is 13.8 Å². The lowest BCUT2D eigenvalue weighted by Crippen LogP contribution is -2.12. The summed E-state index contributed by atoms with van der Waals surface area (Å²) in [6.07, 6.45) is 1.54. The van der Waals surface area contributed by atoms with Crippen LogP contribution in [0.25, 0.3) is 33.4 Å². The number of fused-ring (bicyclic) bond motifs is 1. The predicted molar refractivity (Wildman–Crippen MR) is 161 cm³/mol. The van der Waals surface area contributed by atoms with Gasteiger partial charge in [-0.2, -0.15) is 0 Å². The molecule has 3 aromatic heterocycles. The van der Waals surface area contributed by atoms with Crippen molar-refractivity contribution in [2.24, 2.45) is 0 Å². The van der Waals surface area contributed by atoms with Crippen LogP contribution in [-0.4, -0.2) is 43.7 Å². The van der Waals surface area contributed by atoms with Crippen LogP contribution in [0.2, 0.25) is 0 Å². The zero-order valence-electron chi connectivity index (χ0n) is 22.6. The van der Waals surface area contributed by atoms with Crippen LogP contribution in [0.15, 0.2) is 70.4 Å². The van der Waals surface area contributed by atoms with Crippen molar-refractivity contribution in [2.75, 3.05) is 36.5 Å². The number of nitrogens with two attached hydrogens (primary N) is 2. The largest absolute Gasteiger partial charge is 0.494 e. The lowest BCUT2D eigenvalue weighted by Gasteiger charge is -2.14. The van der Waals surface area contributed by atoms with E-state index in [1.54, 1.807) is 41.8 Å². The fraction of sp³-hybridized carbons (Fsp3) is 0.179. The molecule has 2 aromatic carbocycles. The van der Waals surface area contributed by atoms with E-state index in [0.29, 0.717) is 39.4 Å². The van der Waals surface area contributed by atoms with Gasteiger partial charge in [0, 0.05) is 35.9 Å². The third-order valence-electron chi connectivity index (χ3n) is 5.78. The van der Waals surface area contributed by atoms with Gasteiger partial charge in [0.25, 0.3) is 10.0 Å². The molecular formula is C28H29FN6O4S2. The fourth-order valence-electron chi connectivity index (χ4n) is 3.85. The molecule has 0 aliphatic rings. The second kappa shape index (κ2) is 12.9. The molecule has 5 rings (SSSR count). The Labute approximate surface area is 241 Å². The molecule has 0 aliphatic heterocycles. The second-order valence-corrected chi connectivity index (χ2v) is 11.3. The van der Waals surface area contributed by atoms with Crippen LogP contribution < -0.4 is 20.9 Å². The number of sulfonamides is 1. The Kier molecular flexibility index (Phi) is 9.32. The Morgan fingerprint density at radius 1 is 1.00 bits per heavy atom. The molecule has 0 unspecified atom stereocenters. The van der Waals surface area contributed by atoms with Crippen molar-refractivity contribution in [3.05, 3.63) is 72.0 Å². The number of methoxy groups -OCH3 is 1. The number of nitrogen functional groups attached to an aromatic ring is 2. The van der Waals surface area contributed by atoms with Gasteiger partial charge < -0.3 is 20.9 Å². The average molecular weight is 597 g/mol. The van der Waals surface area contributed by atoms with Crippen molar-refractivity contribution >= 4 is 49.6 Å². The quantitative estimate of drug-likeness (QED) is 0.208.